The summed E-state index contributed by atoms with van der Waals surface area (Å²) in [6.07, 6.45) is -3.68. The molecule has 17 nitrogen and oxygen atoms in total. The van der Waals surface area contributed by atoms with E-state index >= 15 is 0 Å². The molecule has 1 fully saturated rings. The van der Waals surface area contributed by atoms with E-state index in [1.54, 1.807) is 13.8 Å². The van der Waals surface area contributed by atoms with Crippen molar-refractivity contribution in [2.75, 3.05) is 18.5 Å². The number of anilines is 1. The number of nitrogens with one attached hydrogen (secondary N) is 3. The Labute approximate surface area is 213 Å². The average Bonchev–Trinajstić information content (AvgIpc) is 3.44. The summed E-state index contributed by atoms with van der Waals surface area (Å²) in [7, 11) is 0. The highest BCUT2D eigenvalue weighted by Gasteiger charge is 2.40. The van der Waals surface area contributed by atoms with Crippen LogP contribution in [0.5, 0.6) is 0 Å². The van der Waals surface area contributed by atoms with E-state index in [9.17, 15) is 28.8 Å². The molecule has 0 bridgehead atoms. The summed E-state index contributed by atoms with van der Waals surface area (Å²) in [6.45, 7) is 2.20. The molecule has 2 amide bonds. The normalized spacial score (nSPS) is 18.8. The summed E-state index contributed by atoms with van der Waals surface area (Å²) in [5.41, 5.74) is -0.641. The predicted molar refractivity (Wildman–Crippen MR) is 124 cm³/mol. The SMILES string of the molecule is CC(C)C(=O)Nc1nc2c(ncn2C2CC(OC(=O)NCC(=O)O)C(COC(=O)CCC(=O)O)O2)c(=O)[nH]1. The molecular weight excluding hydrogens is 512 g/mol. The maximum Gasteiger partial charge on any atom is 0.408 e. The van der Waals surface area contributed by atoms with Gasteiger partial charge in [-0.25, -0.2) is 9.78 Å². The highest BCUT2D eigenvalue weighted by Crippen LogP contribution is 2.33. The van der Waals surface area contributed by atoms with Crippen molar-refractivity contribution in [3.63, 3.8) is 0 Å². The van der Waals surface area contributed by atoms with Crippen LogP contribution in [0.4, 0.5) is 10.7 Å². The lowest BCUT2D eigenvalue weighted by atomic mass is 10.2. The van der Waals surface area contributed by atoms with Gasteiger partial charge in [0.15, 0.2) is 11.2 Å². The number of carboxylic acid groups (broad SMARTS) is 2. The fourth-order valence-electron chi connectivity index (χ4n) is 3.39. The van der Waals surface area contributed by atoms with Crippen molar-refractivity contribution in [3.8, 4) is 0 Å². The summed E-state index contributed by atoms with van der Waals surface area (Å²) in [4.78, 5) is 80.6. The Hall–Kier alpha value is -4.54. The fourth-order valence-corrected chi connectivity index (χ4v) is 3.39. The summed E-state index contributed by atoms with van der Waals surface area (Å²) in [5, 5.41) is 22.0. The first-order valence-electron chi connectivity index (χ1n) is 11.4. The van der Waals surface area contributed by atoms with Crippen LogP contribution in [0.25, 0.3) is 11.2 Å². The Bertz CT molecular complexity index is 1290. The first-order chi connectivity index (χ1) is 17.9. The molecule has 0 spiro atoms. The van der Waals surface area contributed by atoms with Crippen LogP contribution in [-0.2, 0) is 33.4 Å². The van der Waals surface area contributed by atoms with Gasteiger partial charge >= 0.3 is 24.0 Å². The molecule has 0 saturated carbocycles. The Morgan fingerprint density at radius 3 is 2.61 bits per heavy atom. The monoisotopic (exact) mass is 538 g/mol. The van der Waals surface area contributed by atoms with E-state index in [-0.39, 0.29) is 41.8 Å². The fraction of sp³-hybridized carbons (Fsp3) is 0.524. The second-order valence-corrected chi connectivity index (χ2v) is 8.52. The molecule has 17 heteroatoms. The smallest absolute Gasteiger partial charge is 0.408 e. The van der Waals surface area contributed by atoms with Gasteiger partial charge in [-0.1, -0.05) is 13.8 Å². The number of amides is 2. The number of hydrogen-bond donors (Lipinski definition) is 5. The first-order valence-corrected chi connectivity index (χ1v) is 11.4. The maximum atomic E-state index is 12.5. The molecule has 1 saturated heterocycles. The molecular formula is C21H26N6O11. The van der Waals surface area contributed by atoms with Gasteiger partial charge in [0.1, 0.15) is 31.6 Å². The molecule has 3 rings (SSSR count). The van der Waals surface area contributed by atoms with E-state index < -0.39 is 67.6 Å². The van der Waals surface area contributed by atoms with Crippen molar-refractivity contribution < 1.29 is 48.4 Å². The van der Waals surface area contributed by atoms with Gasteiger partial charge in [-0.15, -0.1) is 0 Å². The number of carbonyl (C=O) groups excluding carboxylic acids is 3. The standard InChI is InChI=1S/C21H26N6O11/c1-9(2)18(33)25-20-24-17-16(19(34)26-20)23-8-27(17)12-5-10(38-21(35)22-6-14(30)31)11(37-12)7-36-15(32)4-3-13(28)29/h8-12H,3-7H2,1-2H3,(H,22,35)(H,28,29)(H,30,31)(H2,24,25,26,33,34). The lowest BCUT2D eigenvalue weighted by Crippen LogP contribution is -2.37. The van der Waals surface area contributed by atoms with Gasteiger partial charge < -0.3 is 29.7 Å². The Morgan fingerprint density at radius 1 is 1.21 bits per heavy atom. The molecule has 3 atom stereocenters. The maximum absolute atomic E-state index is 12.5. The van der Waals surface area contributed by atoms with Crippen molar-refractivity contribution in [3.05, 3.63) is 16.7 Å². The number of esters is 1. The molecule has 3 heterocycles. The van der Waals surface area contributed by atoms with Crippen LogP contribution >= 0.6 is 0 Å². The number of hydrogen-bond acceptors (Lipinski definition) is 11. The topological polar surface area (TPSA) is 241 Å². The van der Waals surface area contributed by atoms with Crippen LogP contribution in [0.3, 0.4) is 0 Å². The zero-order chi connectivity index (χ0) is 28.0. The van der Waals surface area contributed by atoms with Crippen LogP contribution in [0, 0.1) is 5.92 Å². The summed E-state index contributed by atoms with van der Waals surface area (Å²) in [5.74, 6) is -4.20. The van der Waals surface area contributed by atoms with Crippen molar-refractivity contribution >= 4 is 47.0 Å². The van der Waals surface area contributed by atoms with Crippen molar-refractivity contribution in [1.82, 2.24) is 24.8 Å². The van der Waals surface area contributed by atoms with E-state index in [2.05, 4.69) is 20.3 Å². The molecule has 5 N–H and O–H groups in total. The predicted octanol–water partition coefficient (Wildman–Crippen LogP) is -0.411. The number of carboxylic acids is 2. The number of imidazole rings is 1. The van der Waals surface area contributed by atoms with Crippen molar-refractivity contribution in [1.29, 1.82) is 0 Å². The third-order valence-corrected chi connectivity index (χ3v) is 5.28. The number of rotatable bonds is 11. The molecule has 0 aromatic carbocycles. The largest absolute Gasteiger partial charge is 0.481 e. The van der Waals surface area contributed by atoms with Gasteiger partial charge in [0.2, 0.25) is 11.9 Å². The number of aliphatic carboxylic acids is 2. The number of H-pyrrole nitrogens is 1. The van der Waals surface area contributed by atoms with Crippen LogP contribution in [-0.4, -0.2) is 85.0 Å². The third-order valence-electron chi connectivity index (χ3n) is 5.28. The molecule has 206 valence electrons. The minimum atomic E-state index is -1.30. The zero-order valence-electron chi connectivity index (χ0n) is 20.3. The van der Waals surface area contributed by atoms with E-state index in [0.29, 0.717) is 0 Å². The lowest BCUT2D eigenvalue weighted by molar-refractivity contribution is -0.152. The molecule has 38 heavy (non-hydrogen) atoms. The minimum absolute atomic E-state index is 0.0362. The lowest BCUT2D eigenvalue weighted by Gasteiger charge is -2.18. The van der Waals surface area contributed by atoms with Gasteiger partial charge in [-0.2, -0.15) is 4.98 Å². The van der Waals surface area contributed by atoms with E-state index in [1.165, 1.54) is 10.9 Å². The zero-order valence-corrected chi connectivity index (χ0v) is 20.3. The number of aromatic amines is 1. The first kappa shape index (κ1) is 28.0. The van der Waals surface area contributed by atoms with E-state index in [4.69, 9.17) is 24.4 Å². The van der Waals surface area contributed by atoms with Crippen LogP contribution in [0.15, 0.2) is 11.1 Å². The molecule has 2 aromatic rings. The number of aromatic nitrogens is 4. The van der Waals surface area contributed by atoms with Crippen molar-refractivity contribution in [2.24, 2.45) is 5.92 Å². The molecule has 0 aliphatic carbocycles. The number of ether oxygens (including phenoxy) is 3. The number of alkyl carbamates (subject to hydrolysis) is 1. The number of carbonyl (C=O) groups is 5. The highest BCUT2D eigenvalue weighted by molar-refractivity contribution is 5.91. The molecule has 2 aromatic heterocycles. The molecule has 3 unspecified atom stereocenters. The van der Waals surface area contributed by atoms with Gasteiger partial charge in [0.05, 0.1) is 19.2 Å². The Kier molecular flexibility index (Phi) is 8.95. The Balaban J connectivity index is 1.81. The second kappa shape index (κ2) is 12.1. The molecule has 0 radical (unpaired) electrons. The highest BCUT2D eigenvalue weighted by atomic mass is 16.6. The van der Waals surface area contributed by atoms with Gasteiger partial charge in [-0.05, 0) is 0 Å². The average molecular weight is 538 g/mol. The van der Waals surface area contributed by atoms with E-state index in [0.717, 1.165) is 0 Å². The van der Waals surface area contributed by atoms with Crippen LogP contribution in [0.2, 0.25) is 0 Å². The van der Waals surface area contributed by atoms with Gasteiger partial charge in [0, 0.05) is 12.3 Å². The van der Waals surface area contributed by atoms with E-state index in [1.807, 2.05) is 5.32 Å². The number of nitrogens with zero attached hydrogens (tertiary/aromatic N) is 3. The van der Waals surface area contributed by atoms with Gasteiger partial charge in [-0.3, -0.25) is 38.8 Å². The minimum Gasteiger partial charge on any atom is -0.481 e. The van der Waals surface area contributed by atoms with Gasteiger partial charge in [0.25, 0.3) is 5.56 Å². The summed E-state index contributed by atoms with van der Waals surface area (Å²) < 4.78 is 17.6. The second-order valence-electron chi connectivity index (χ2n) is 8.52. The third kappa shape index (κ3) is 7.25. The molecule has 1 aliphatic heterocycles. The molecule has 1 aliphatic rings. The van der Waals surface area contributed by atoms with Crippen LogP contribution in [0.1, 0.15) is 39.3 Å². The summed E-state index contributed by atoms with van der Waals surface area (Å²) in [6, 6.07) is 0. The Morgan fingerprint density at radius 2 is 1.95 bits per heavy atom. The number of fused-ring (bicyclic) bond motifs is 1. The quantitative estimate of drug-likeness (QED) is 0.229. The van der Waals surface area contributed by atoms with Crippen LogP contribution < -0.4 is 16.2 Å². The van der Waals surface area contributed by atoms with Crippen molar-refractivity contribution in [2.45, 2.75) is 51.5 Å². The summed E-state index contributed by atoms with van der Waals surface area (Å²) >= 11 is 0.